The zero-order valence-corrected chi connectivity index (χ0v) is 15.0. The zero-order valence-electron chi connectivity index (χ0n) is 15.0. The van der Waals surface area contributed by atoms with Gasteiger partial charge in [0.15, 0.2) is 0 Å². The molecule has 0 aliphatic carbocycles. The van der Waals surface area contributed by atoms with Crippen molar-refractivity contribution in [1.29, 1.82) is 0 Å². The van der Waals surface area contributed by atoms with Gasteiger partial charge in [0, 0.05) is 12.5 Å². The topological polar surface area (TPSA) is 23.5 Å². The Bertz CT molecular complexity index is 651. The van der Waals surface area contributed by atoms with Crippen LogP contribution >= 0.6 is 0 Å². The number of nitrogens with zero attached hydrogens (tertiary/aromatic N) is 1. The minimum absolute atomic E-state index is 0.0304. The van der Waals surface area contributed by atoms with E-state index in [0.29, 0.717) is 6.42 Å². The van der Waals surface area contributed by atoms with Gasteiger partial charge in [-0.2, -0.15) is 0 Å². The number of likely N-dealkylation sites (tertiary alicyclic amines) is 1. The number of hydrogen-bond donors (Lipinski definition) is 1. The van der Waals surface area contributed by atoms with Crippen molar-refractivity contribution in [2.75, 3.05) is 19.6 Å². The summed E-state index contributed by atoms with van der Waals surface area (Å²) in [5, 5.41) is 11.8. The maximum Gasteiger partial charge on any atom is 0.123 e. The average molecular weight is 341 g/mol. The second-order valence-corrected chi connectivity index (χ2v) is 7.15. The first-order valence-corrected chi connectivity index (χ1v) is 9.39. The summed E-state index contributed by atoms with van der Waals surface area (Å²) in [5.41, 5.74) is 0.963. The van der Waals surface area contributed by atoms with Crippen LogP contribution in [0.5, 0.6) is 0 Å². The predicted molar refractivity (Wildman–Crippen MR) is 100 cm³/mol. The van der Waals surface area contributed by atoms with Crippen molar-refractivity contribution < 1.29 is 9.50 Å². The molecule has 1 heterocycles. The van der Waals surface area contributed by atoms with Crippen LogP contribution in [0.1, 0.15) is 49.7 Å². The Morgan fingerprint density at radius 1 is 1.04 bits per heavy atom. The van der Waals surface area contributed by atoms with Gasteiger partial charge in [0.25, 0.3) is 0 Å². The molecular formula is C22H28FNO. The molecule has 2 aromatic carbocycles. The minimum Gasteiger partial charge on any atom is -0.384 e. The van der Waals surface area contributed by atoms with Crippen molar-refractivity contribution in [3.63, 3.8) is 0 Å². The molecule has 2 atom stereocenters. The molecule has 0 bridgehead atoms. The van der Waals surface area contributed by atoms with Gasteiger partial charge in [-0.15, -0.1) is 0 Å². The summed E-state index contributed by atoms with van der Waals surface area (Å²) in [6.07, 6.45) is 3.98. The number of hydrogen-bond acceptors (Lipinski definition) is 2. The van der Waals surface area contributed by atoms with Crippen molar-refractivity contribution in [1.82, 2.24) is 4.90 Å². The van der Waals surface area contributed by atoms with E-state index in [1.807, 2.05) is 18.2 Å². The predicted octanol–water partition coefficient (Wildman–Crippen LogP) is 4.69. The van der Waals surface area contributed by atoms with E-state index in [1.54, 1.807) is 12.1 Å². The van der Waals surface area contributed by atoms with Crippen molar-refractivity contribution in [2.24, 2.45) is 0 Å². The molecule has 0 radical (unpaired) electrons. The zero-order chi connectivity index (χ0) is 17.7. The van der Waals surface area contributed by atoms with Gasteiger partial charge in [0.2, 0.25) is 0 Å². The molecule has 1 aliphatic heterocycles. The molecule has 1 saturated heterocycles. The summed E-state index contributed by atoms with van der Waals surface area (Å²) < 4.78 is 13.4. The molecule has 0 saturated carbocycles. The van der Waals surface area contributed by atoms with Crippen LogP contribution in [0, 0.1) is 5.82 Å². The average Bonchev–Trinajstić information content (AvgIpc) is 3.14. The molecule has 2 nitrogen and oxygen atoms in total. The van der Waals surface area contributed by atoms with Crippen molar-refractivity contribution in [3.05, 3.63) is 71.5 Å². The van der Waals surface area contributed by atoms with E-state index in [4.69, 9.17) is 0 Å². The van der Waals surface area contributed by atoms with E-state index in [0.717, 1.165) is 37.2 Å². The van der Waals surface area contributed by atoms with Gasteiger partial charge in [0.05, 0.1) is 5.60 Å². The van der Waals surface area contributed by atoms with E-state index in [1.165, 1.54) is 25.0 Å². The summed E-state index contributed by atoms with van der Waals surface area (Å²) in [7, 11) is 0. The third-order valence-corrected chi connectivity index (χ3v) is 5.39. The number of rotatable bonds is 7. The fourth-order valence-corrected chi connectivity index (χ4v) is 4.08. The van der Waals surface area contributed by atoms with Crippen LogP contribution in [0.4, 0.5) is 4.39 Å². The number of benzene rings is 2. The second kappa shape index (κ2) is 8.11. The molecule has 0 aromatic heterocycles. The molecule has 1 N–H and O–H groups in total. The van der Waals surface area contributed by atoms with Crippen LogP contribution in [0.15, 0.2) is 54.6 Å². The van der Waals surface area contributed by atoms with Crippen LogP contribution in [0.25, 0.3) is 0 Å². The lowest BCUT2D eigenvalue weighted by Crippen LogP contribution is -2.40. The number of aliphatic hydroxyl groups is 1. The largest absolute Gasteiger partial charge is 0.384 e. The summed E-state index contributed by atoms with van der Waals surface area (Å²) in [5.74, 6) is -0.296. The van der Waals surface area contributed by atoms with Gasteiger partial charge < -0.3 is 10.0 Å². The van der Waals surface area contributed by atoms with E-state index < -0.39 is 5.60 Å². The first kappa shape index (κ1) is 18.1. The maximum atomic E-state index is 13.4. The molecule has 25 heavy (non-hydrogen) atoms. The quantitative estimate of drug-likeness (QED) is 0.789. The Balaban J connectivity index is 2.00. The van der Waals surface area contributed by atoms with Crippen molar-refractivity contribution >= 4 is 0 Å². The van der Waals surface area contributed by atoms with Gasteiger partial charge in [0.1, 0.15) is 5.82 Å². The fourth-order valence-electron chi connectivity index (χ4n) is 4.08. The number of halogens is 1. The highest BCUT2D eigenvalue weighted by Gasteiger charge is 2.39. The second-order valence-electron chi connectivity index (χ2n) is 7.15. The Hall–Kier alpha value is -1.71. The third-order valence-electron chi connectivity index (χ3n) is 5.39. The minimum atomic E-state index is -0.994. The molecular weight excluding hydrogens is 313 g/mol. The fraction of sp³-hybridized carbons (Fsp3) is 0.455. The van der Waals surface area contributed by atoms with Crippen molar-refractivity contribution in [3.8, 4) is 0 Å². The lowest BCUT2D eigenvalue weighted by Gasteiger charge is -2.39. The summed E-state index contributed by atoms with van der Waals surface area (Å²) in [6, 6.07) is 16.7. The Morgan fingerprint density at radius 3 is 2.28 bits per heavy atom. The van der Waals surface area contributed by atoms with E-state index in [9.17, 15) is 9.50 Å². The van der Waals surface area contributed by atoms with Gasteiger partial charge in [-0.25, -0.2) is 4.39 Å². The van der Waals surface area contributed by atoms with Crippen LogP contribution in [0.2, 0.25) is 0 Å². The summed E-state index contributed by atoms with van der Waals surface area (Å²) in [4.78, 5) is 2.45. The first-order valence-electron chi connectivity index (χ1n) is 9.39. The standard InChI is InChI=1S/C22H28FNO/c1-2-14-22(25,19-10-12-20(23)13-11-19)21(17-24-15-6-7-16-24)18-8-4-3-5-9-18/h3-5,8-13,21,25H,2,6-7,14-17H2,1H3. The Kier molecular flexibility index (Phi) is 5.87. The third kappa shape index (κ3) is 4.10. The van der Waals surface area contributed by atoms with Gasteiger partial charge in [-0.3, -0.25) is 0 Å². The van der Waals surface area contributed by atoms with E-state index >= 15 is 0 Å². The van der Waals surface area contributed by atoms with Gasteiger partial charge >= 0.3 is 0 Å². The molecule has 0 spiro atoms. The molecule has 2 unspecified atom stereocenters. The molecule has 2 aromatic rings. The lowest BCUT2D eigenvalue weighted by molar-refractivity contribution is -0.0118. The van der Waals surface area contributed by atoms with E-state index in [2.05, 4.69) is 24.0 Å². The molecule has 1 aliphatic rings. The van der Waals surface area contributed by atoms with Crippen molar-refractivity contribution in [2.45, 2.75) is 44.1 Å². The highest BCUT2D eigenvalue weighted by molar-refractivity contribution is 5.32. The summed E-state index contributed by atoms with van der Waals surface area (Å²) in [6.45, 7) is 5.11. The molecule has 134 valence electrons. The molecule has 3 heteroatoms. The Morgan fingerprint density at radius 2 is 1.68 bits per heavy atom. The normalized spacial score (nSPS) is 18.8. The van der Waals surface area contributed by atoms with E-state index in [-0.39, 0.29) is 11.7 Å². The smallest absolute Gasteiger partial charge is 0.123 e. The first-order chi connectivity index (χ1) is 12.1. The molecule has 3 rings (SSSR count). The van der Waals surface area contributed by atoms with Crippen LogP contribution in [0.3, 0.4) is 0 Å². The highest BCUT2D eigenvalue weighted by atomic mass is 19.1. The van der Waals surface area contributed by atoms with Crippen LogP contribution < -0.4 is 0 Å². The SMILES string of the molecule is CCCC(O)(c1ccc(F)cc1)C(CN1CCCC1)c1ccccc1. The maximum absolute atomic E-state index is 13.4. The Labute approximate surface area is 150 Å². The lowest BCUT2D eigenvalue weighted by atomic mass is 9.74. The van der Waals surface area contributed by atoms with Crippen LogP contribution in [-0.4, -0.2) is 29.6 Å². The van der Waals surface area contributed by atoms with Gasteiger partial charge in [-0.1, -0.05) is 55.8 Å². The molecule has 0 amide bonds. The van der Waals surface area contributed by atoms with Gasteiger partial charge in [-0.05, 0) is 55.6 Å². The highest BCUT2D eigenvalue weighted by Crippen LogP contribution is 2.41. The molecule has 1 fully saturated rings. The monoisotopic (exact) mass is 341 g/mol. The van der Waals surface area contributed by atoms with Crippen LogP contribution in [-0.2, 0) is 5.60 Å². The summed E-state index contributed by atoms with van der Waals surface area (Å²) >= 11 is 0.